The zero-order chi connectivity index (χ0) is 14.4. The Morgan fingerprint density at radius 2 is 1.55 bits per heavy atom. The average molecular weight is 267 g/mol. The summed E-state index contributed by atoms with van der Waals surface area (Å²) in [6, 6.07) is 20.0. The van der Waals surface area contributed by atoms with Crippen LogP contribution in [0.5, 0.6) is 0 Å². The van der Waals surface area contributed by atoms with Crippen LogP contribution in [0.3, 0.4) is 0 Å². The van der Waals surface area contributed by atoms with Crippen molar-refractivity contribution in [2.75, 3.05) is 4.90 Å². The summed E-state index contributed by atoms with van der Waals surface area (Å²) < 4.78 is 0. The van der Waals surface area contributed by atoms with Crippen LogP contribution in [0, 0.1) is 5.92 Å². The fraction of sp³-hybridized carbons (Fsp3) is 0.278. The van der Waals surface area contributed by atoms with Crippen molar-refractivity contribution in [2.24, 2.45) is 5.92 Å². The minimum Gasteiger partial charge on any atom is -0.308 e. The Hall–Kier alpha value is -2.09. The van der Waals surface area contributed by atoms with Crippen LogP contribution < -0.4 is 4.90 Å². The van der Waals surface area contributed by atoms with E-state index in [-0.39, 0.29) is 11.8 Å². The molecule has 0 heterocycles. The maximum atomic E-state index is 12.6. The molecule has 2 rings (SSSR count). The van der Waals surface area contributed by atoms with Crippen LogP contribution in [0.2, 0.25) is 0 Å². The largest absolute Gasteiger partial charge is 0.308 e. The molecule has 1 atom stereocenters. The van der Waals surface area contributed by atoms with Gasteiger partial charge in [-0.3, -0.25) is 4.79 Å². The molecule has 2 nitrogen and oxygen atoms in total. The predicted octanol–water partition coefficient (Wildman–Crippen LogP) is 4.27. The van der Waals surface area contributed by atoms with Crippen LogP contribution in [-0.4, -0.2) is 5.91 Å². The third-order valence-electron chi connectivity index (χ3n) is 3.55. The van der Waals surface area contributed by atoms with Gasteiger partial charge in [-0.2, -0.15) is 0 Å². The number of anilines is 1. The van der Waals surface area contributed by atoms with Gasteiger partial charge in [0.1, 0.15) is 0 Å². The lowest BCUT2D eigenvalue weighted by Gasteiger charge is -2.25. The number of carbonyl (C=O) groups is 1. The van der Waals surface area contributed by atoms with E-state index in [1.165, 1.54) is 0 Å². The Labute approximate surface area is 121 Å². The number of nitrogens with zero attached hydrogens (tertiary/aromatic N) is 1. The molecule has 2 aromatic carbocycles. The first kappa shape index (κ1) is 14.3. The molecule has 20 heavy (non-hydrogen) atoms. The van der Waals surface area contributed by atoms with E-state index in [4.69, 9.17) is 0 Å². The Morgan fingerprint density at radius 3 is 2.10 bits per heavy atom. The van der Waals surface area contributed by atoms with Crippen LogP contribution >= 0.6 is 0 Å². The zero-order valence-corrected chi connectivity index (χ0v) is 12.1. The van der Waals surface area contributed by atoms with Crippen molar-refractivity contribution in [3.8, 4) is 0 Å². The fourth-order valence-corrected chi connectivity index (χ4v) is 2.11. The monoisotopic (exact) mass is 267 g/mol. The van der Waals surface area contributed by atoms with Crippen molar-refractivity contribution < 1.29 is 4.79 Å². The second kappa shape index (κ2) is 6.90. The highest BCUT2D eigenvalue weighted by Gasteiger charge is 2.20. The van der Waals surface area contributed by atoms with E-state index in [0.29, 0.717) is 6.54 Å². The van der Waals surface area contributed by atoms with Gasteiger partial charge in [0.05, 0.1) is 6.54 Å². The Bertz CT molecular complexity index is 536. The smallest absolute Gasteiger partial charge is 0.230 e. The zero-order valence-electron chi connectivity index (χ0n) is 12.1. The molecule has 0 spiro atoms. The standard InChI is InChI=1S/C18H21NO/c1-3-15(2)18(20)19(17-12-8-5-9-13-17)14-16-10-6-4-7-11-16/h4-13,15H,3,14H2,1-2H3. The summed E-state index contributed by atoms with van der Waals surface area (Å²) >= 11 is 0. The van der Waals surface area contributed by atoms with Gasteiger partial charge in [-0.25, -0.2) is 0 Å². The molecule has 0 radical (unpaired) electrons. The highest BCUT2D eigenvalue weighted by Crippen LogP contribution is 2.20. The molecule has 1 unspecified atom stereocenters. The Morgan fingerprint density at radius 1 is 1.00 bits per heavy atom. The average Bonchev–Trinajstić information content (AvgIpc) is 2.53. The lowest BCUT2D eigenvalue weighted by Crippen LogP contribution is -2.34. The maximum Gasteiger partial charge on any atom is 0.230 e. The van der Waals surface area contributed by atoms with Crippen LogP contribution in [0.4, 0.5) is 5.69 Å². The highest BCUT2D eigenvalue weighted by atomic mass is 16.2. The number of benzene rings is 2. The third-order valence-corrected chi connectivity index (χ3v) is 3.55. The number of carbonyl (C=O) groups excluding carboxylic acids is 1. The summed E-state index contributed by atoms with van der Waals surface area (Å²) in [5, 5.41) is 0. The fourth-order valence-electron chi connectivity index (χ4n) is 2.11. The summed E-state index contributed by atoms with van der Waals surface area (Å²) in [6.45, 7) is 4.66. The molecule has 1 amide bonds. The highest BCUT2D eigenvalue weighted by molar-refractivity contribution is 5.94. The number of rotatable bonds is 5. The van der Waals surface area contributed by atoms with E-state index in [2.05, 4.69) is 12.1 Å². The van der Waals surface area contributed by atoms with E-state index < -0.39 is 0 Å². The van der Waals surface area contributed by atoms with E-state index in [9.17, 15) is 4.79 Å². The lowest BCUT2D eigenvalue weighted by atomic mass is 10.1. The van der Waals surface area contributed by atoms with Gasteiger partial charge in [0, 0.05) is 11.6 Å². The summed E-state index contributed by atoms with van der Waals surface area (Å²) in [7, 11) is 0. The van der Waals surface area contributed by atoms with E-state index in [0.717, 1.165) is 17.7 Å². The first-order valence-electron chi connectivity index (χ1n) is 7.12. The first-order valence-corrected chi connectivity index (χ1v) is 7.12. The third kappa shape index (κ3) is 3.47. The number of amides is 1. The maximum absolute atomic E-state index is 12.6. The normalized spacial score (nSPS) is 11.9. The van der Waals surface area contributed by atoms with Gasteiger partial charge in [-0.1, -0.05) is 62.4 Å². The van der Waals surface area contributed by atoms with Crippen molar-refractivity contribution in [1.29, 1.82) is 0 Å². The lowest BCUT2D eigenvalue weighted by molar-refractivity contribution is -0.122. The Balaban J connectivity index is 2.27. The summed E-state index contributed by atoms with van der Waals surface area (Å²) in [5.41, 5.74) is 2.11. The minimum atomic E-state index is 0.0407. The quantitative estimate of drug-likeness (QED) is 0.792. The molecule has 0 bridgehead atoms. The number of para-hydroxylation sites is 1. The predicted molar refractivity (Wildman–Crippen MR) is 83.5 cm³/mol. The second-order valence-corrected chi connectivity index (χ2v) is 5.05. The van der Waals surface area contributed by atoms with Crippen LogP contribution in [-0.2, 0) is 11.3 Å². The van der Waals surface area contributed by atoms with Gasteiger partial charge >= 0.3 is 0 Å². The van der Waals surface area contributed by atoms with E-state index in [1.54, 1.807) is 0 Å². The van der Waals surface area contributed by atoms with Crippen LogP contribution in [0.1, 0.15) is 25.8 Å². The van der Waals surface area contributed by atoms with Gasteiger partial charge in [0.15, 0.2) is 0 Å². The second-order valence-electron chi connectivity index (χ2n) is 5.05. The van der Waals surface area contributed by atoms with Gasteiger partial charge in [0.25, 0.3) is 0 Å². The van der Waals surface area contributed by atoms with Crippen LogP contribution in [0.25, 0.3) is 0 Å². The van der Waals surface area contributed by atoms with Gasteiger partial charge < -0.3 is 4.90 Å². The topological polar surface area (TPSA) is 20.3 Å². The van der Waals surface area contributed by atoms with Crippen LogP contribution in [0.15, 0.2) is 60.7 Å². The molecule has 2 heteroatoms. The summed E-state index contributed by atoms with van der Waals surface area (Å²) in [6.07, 6.45) is 0.858. The summed E-state index contributed by atoms with van der Waals surface area (Å²) in [4.78, 5) is 14.5. The molecule has 0 aliphatic heterocycles. The molecular weight excluding hydrogens is 246 g/mol. The molecule has 2 aromatic rings. The van der Waals surface area contributed by atoms with Crippen molar-refractivity contribution in [3.05, 3.63) is 66.2 Å². The molecule has 0 N–H and O–H groups in total. The van der Waals surface area contributed by atoms with Gasteiger partial charge in [-0.15, -0.1) is 0 Å². The van der Waals surface area contributed by atoms with E-state index >= 15 is 0 Å². The molecule has 0 aromatic heterocycles. The SMILES string of the molecule is CCC(C)C(=O)N(Cc1ccccc1)c1ccccc1. The van der Waals surface area contributed by atoms with Crippen molar-refractivity contribution in [1.82, 2.24) is 0 Å². The summed E-state index contributed by atoms with van der Waals surface area (Å²) in [5.74, 6) is 0.224. The number of hydrogen-bond donors (Lipinski definition) is 0. The van der Waals surface area contributed by atoms with E-state index in [1.807, 2.05) is 67.3 Å². The minimum absolute atomic E-state index is 0.0407. The molecule has 0 fully saturated rings. The molecule has 0 saturated carbocycles. The molecular formula is C18H21NO. The Kier molecular flexibility index (Phi) is 4.94. The molecule has 0 aliphatic carbocycles. The molecule has 104 valence electrons. The number of hydrogen-bond acceptors (Lipinski definition) is 1. The first-order chi connectivity index (χ1) is 9.72. The van der Waals surface area contributed by atoms with Crippen molar-refractivity contribution >= 4 is 11.6 Å². The van der Waals surface area contributed by atoms with Gasteiger partial charge in [-0.05, 0) is 24.1 Å². The van der Waals surface area contributed by atoms with Crippen molar-refractivity contribution in [3.63, 3.8) is 0 Å². The van der Waals surface area contributed by atoms with Crippen molar-refractivity contribution in [2.45, 2.75) is 26.8 Å². The molecule has 0 saturated heterocycles. The van der Waals surface area contributed by atoms with Gasteiger partial charge in [0.2, 0.25) is 5.91 Å². The molecule has 0 aliphatic rings.